The van der Waals surface area contributed by atoms with E-state index in [1.807, 2.05) is 0 Å². The second-order valence-corrected chi connectivity index (χ2v) is 6.04. The number of ether oxygens (including phenoxy) is 1. The molecule has 1 heterocycles. The first-order chi connectivity index (χ1) is 8.69. The van der Waals surface area contributed by atoms with Crippen molar-refractivity contribution in [3.63, 3.8) is 0 Å². The molecule has 1 saturated heterocycles. The summed E-state index contributed by atoms with van der Waals surface area (Å²) < 4.78 is 5.67. The minimum absolute atomic E-state index is 0.249. The van der Waals surface area contributed by atoms with E-state index in [-0.39, 0.29) is 11.7 Å². The average Bonchev–Trinajstić information content (AvgIpc) is 2.81. The van der Waals surface area contributed by atoms with Crippen molar-refractivity contribution in [3.05, 3.63) is 0 Å². The van der Waals surface area contributed by atoms with Gasteiger partial charge in [-0.2, -0.15) is 0 Å². The van der Waals surface area contributed by atoms with E-state index in [4.69, 9.17) is 4.74 Å². The lowest BCUT2D eigenvalue weighted by Gasteiger charge is -2.29. The molecule has 108 valence electrons. The highest BCUT2D eigenvalue weighted by atomic mass is 16.5. The molecule has 1 N–H and O–H groups in total. The van der Waals surface area contributed by atoms with Gasteiger partial charge in [0.2, 0.25) is 0 Å². The smallest absolute Gasteiger partial charge is 0.0913 e. The van der Waals surface area contributed by atoms with Crippen LogP contribution in [0, 0.1) is 0 Å². The Hall–Kier alpha value is -0.0800. The fraction of sp³-hybridized carbons (Fsp3) is 1.00. The molecule has 1 rings (SSSR count). The first-order valence-corrected chi connectivity index (χ1v) is 8.01. The third kappa shape index (κ3) is 5.71. The molecule has 2 atom stereocenters. The van der Waals surface area contributed by atoms with Gasteiger partial charge in [-0.3, -0.25) is 0 Å². The molecule has 2 unspecified atom stereocenters. The van der Waals surface area contributed by atoms with Crippen LogP contribution < -0.4 is 0 Å². The van der Waals surface area contributed by atoms with E-state index in [1.165, 1.54) is 44.9 Å². The molecule has 0 amide bonds. The maximum Gasteiger partial charge on any atom is 0.0913 e. The number of aliphatic hydroxyl groups excluding tert-OH is 1. The van der Waals surface area contributed by atoms with Crippen LogP contribution in [-0.4, -0.2) is 23.4 Å². The largest absolute Gasteiger partial charge is 0.390 e. The molecular formula is C16H32O2. The topological polar surface area (TPSA) is 29.5 Å². The van der Waals surface area contributed by atoms with Gasteiger partial charge < -0.3 is 9.84 Å². The Bertz CT molecular complexity index is 197. The van der Waals surface area contributed by atoms with E-state index < -0.39 is 0 Å². The second-order valence-electron chi connectivity index (χ2n) is 6.04. The number of aliphatic hydroxyl groups is 1. The minimum Gasteiger partial charge on any atom is -0.390 e. The number of hydrogen-bond acceptors (Lipinski definition) is 2. The molecule has 18 heavy (non-hydrogen) atoms. The molecule has 1 aliphatic heterocycles. The van der Waals surface area contributed by atoms with Gasteiger partial charge in [-0.05, 0) is 26.2 Å². The minimum atomic E-state index is -0.264. The van der Waals surface area contributed by atoms with Gasteiger partial charge in [0.1, 0.15) is 0 Å². The van der Waals surface area contributed by atoms with Crippen LogP contribution in [0.15, 0.2) is 0 Å². The number of rotatable bonds is 10. The second kappa shape index (κ2) is 8.92. The fourth-order valence-corrected chi connectivity index (χ4v) is 2.84. The van der Waals surface area contributed by atoms with E-state index >= 15 is 0 Å². The van der Waals surface area contributed by atoms with Gasteiger partial charge in [0.25, 0.3) is 0 Å². The Balaban J connectivity index is 1.94. The highest BCUT2D eigenvalue weighted by molar-refractivity contribution is 4.87. The van der Waals surface area contributed by atoms with Crippen molar-refractivity contribution in [1.82, 2.24) is 0 Å². The molecule has 0 spiro atoms. The normalized spacial score (nSPS) is 25.5. The summed E-state index contributed by atoms with van der Waals surface area (Å²) in [6.45, 7) is 5.15. The molecule has 0 saturated carbocycles. The Morgan fingerprint density at radius 2 is 1.67 bits per heavy atom. The molecule has 2 heteroatoms. The van der Waals surface area contributed by atoms with Crippen LogP contribution in [0.25, 0.3) is 0 Å². The molecule has 2 nitrogen and oxygen atoms in total. The summed E-state index contributed by atoms with van der Waals surface area (Å²) in [6, 6.07) is 0. The highest BCUT2D eigenvalue weighted by Gasteiger charge is 2.36. The highest BCUT2D eigenvalue weighted by Crippen LogP contribution is 2.30. The molecule has 0 bridgehead atoms. The lowest BCUT2D eigenvalue weighted by molar-refractivity contribution is -0.0810. The third-order valence-electron chi connectivity index (χ3n) is 4.29. The molecule has 0 aromatic rings. The van der Waals surface area contributed by atoms with Crippen molar-refractivity contribution in [3.8, 4) is 0 Å². The van der Waals surface area contributed by atoms with Crippen molar-refractivity contribution in [1.29, 1.82) is 0 Å². The van der Waals surface area contributed by atoms with Crippen molar-refractivity contribution in [2.45, 2.75) is 96.2 Å². The number of hydrogen-bond donors (Lipinski definition) is 1. The summed E-state index contributed by atoms with van der Waals surface area (Å²) in [5.41, 5.74) is -0.249. The lowest BCUT2D eigenvalue weighted by Crippen LogP contribution is -2.38. The predicted molar refractivity (Wildman–Crippen MR) is 76.8 cm³/mol. The zero-order valence-electron chi connectivity index (χ0n) is 12.4. The molecule has 0 aliphatic carbocycles. The summed E-state index contributed by atoms with van der Waals surface area (Å²) in [4.78, 5) is 0. The third-order valence-corrected chi connectivity index (χ3v) is 4.29. The standard InChI is InChI=1S/C16H32O2/c1-3-4-5-6-7-8-9-10-12-15(17)16(2)13-11-14-18-16/h15,17H,3-14H2,1-2H3. The molecule has 0 aromatic heterocycles. The summed E-state index contributed by atoms with van der Waals surface area (Å²) in [7, 11) is 0. The monoisotopic (exact) mass is 256 g/mol. The van der Waals surface area contributed by atoms with Crippen molar-refractivity contribution in [2.24, 2.45) is 0 Å². The molecule has 1 aliphatic rings. The first kappa shape index (κ1) is 16.0. The van der Waals surface area contributed by atoms with Crippen LogP contribution in [0.1, 0.15) is 84.5 Å². The van der Waals surface area contributed by atoms with Gasteiger partial charge in [-0.25, -0.2) is 0 Å². The molecule has 0 radical (unpaired) electrons. The van der Waals surface area contributed by atoms with Crippen LogP contribution in [-0.2, 0) is 4.74 Å². The van der Waals surface area contributed by atoms with E-state index in [2.05, 4.69) is 13.8 Å². The van der Waals surface area contributed by atoms with E-state index in [0.29, 0.717) is 0 Å². The average molecular weight is 256 g/mol. The fourth-order valence-electron chi connectivity index (χ4n) is 2.84. The summed E-state index contributed by atoms with van der Waals surface area (Å²) in [5, 5.41) is 10.2. The van der Waals surface area contributed by atoms with Crippen LogP contribution in [0.3, 0.4) is 0 Å². The van der Waals surface area contributed by atoms with Gasteiger partial charge in [-0.15, -0.1) is 0 Å². The van der Waals surface area contributed by atoms with Gasteiger partial charge in [-0.1, -0.05) is 58.3 Å². The van der Waals surface area contributed by atoms with E-state index in [9.17, 15) is 5.11 Å². The van der Waals surface area contributed by atoms with Crippen LogP contribution in [0.5, 0.6) is 0 Å². The maximum atomic E-state index is 10.2. The van der Waals surface area contributed by atoms with E-state index in [1.54, 1.807) is 0 Å². The van der Waals surface area contributed by atoms with Crippen LogP contribution >= 0.6 is 0 Å². The van der Waals surface area contributed by atoms with Crippen molar-refractivity contribution >= 4 is 0 Å². The molecule has 1 fully saturated rings. The quantitative estimate of drug-likeness (QED) is 0.585. The SMILES string of the molecule is CCCCCCCCCCC(O)C1(C)CCCO1. The van der Waals surface area contributed by atoms with Crippen molar-refractivity contribution in [2.75, 3.05) is 6.61 Å². The van der Waals surface area contributed by atoms with Crippen LogP contribution in [0.4, 0.5) is 0 Å². The van der Waals surface area contributed by atoms with Crippen molar-refractivity contribution < 1.29 is 9.84 Å². The first-order valence-electron chi connectivity index (χ1n) is 8.01. The van der Waals surface area contributed by atoms with E-state index in [0.717, 1.165) is 32.3 Å². The summed E-state index contributed by atoms with van der Waals surface area (Å²) in [6.07, 6.45) is 13.4. The Morgan fingerprint density at radius 1 is 1.06 bits per heavy atom. The maximum absolute atomic E-state index is 10.2. The van der Waals surface area contributed by atoms with Gasteiger partial charge in [0, 0.05) is 6.61 Å². The zero-order valence-corrected chi connectivity index (χ0v) is 12.4. The number of unbranched alkanes of at least 4 members (excludes halogenated alkanes) is 7. The molecule has 0 aromatic carbocycles. The Kier molecular flexibility index (Phi) is 7.92. The van der Waals surface area contributed by atoms with Crippen LogP contribution in [0.2, 0.25) is 0 Å². The molecular weight excluding hydrogens is 224 g/mol. The van der Waals surface area contributed by atoms with Gasteiger partial charge >= 0.3 is 0 Å². The van der Waals surface area contributed by atoms with Gasteiger partial charge in [0.05, 0.1) is 11.7 Å². The summed E-state index contributed by atoms with van der Waals surface area (Å²) in [5.74, 6) is 0. The summed E-state index contributed by atoms with van der Waals surface area (Å²) >= 11 is 0. The Morgan fingerprint density at radius 3 is 2.22 bits per heavy atom. The predicted octanol–water partition coefficient (Wildman–Crippen LogP) is 4.45. The lowest BCUT2D eigenvalue weighted by atomic mass is 9.91. The Labute approximate surface area is 113 Å². The van der Waals surface area contributed by atoms with Gasteiger partial charge in [0.15, 0.2) is 0 Å². The zero-order chi connectivity index (χ0) is 13.3.